The van der Waals surface area contributed by atoms with Crippen LogP contribution in [0.25, 0.3) is 33.8 Å². The molecule has 0 aromatic carbocycles. The fraction of sp³-hybridized carbons (Fsp3) is 0.200. The van der Waals surface area contributed by atoms with Crippen LogP contribution in [0, 0.1) is 0 Å². The Morgan fingerprint density at radius 2 is 1.50 bits per heavy atom. The van der Waals surface area contributed by atoms with Gasteiger partial charge in [0.2, 0.25) is 0 Å². The average molecular weight is 480 g/mol. The van der Waals surface area contributed by atoms with Gasteiger partial charge in [-0.15, -0.1) is 0 Å². The maximum Gasteiger partial charge on any atom is 0.153 e. The molecule has 0 aliphatic carbocycles. The highest BCUT2D eigenvalue weighted by atomic mass is 15.3. The molecule has 0 radical (unpaired) electrons. The molecule has 36 heavy (non-hydrogen) atoms. The normalized spacial score (nSPS) is 13.3. The van der Waals surface area contributed by atoms with Crippen molar-refractivity contribution in [3.05, 3.63) is 78.8 Å². The minimum absolute atomic E-state index is 0.117. The summed E-state index contributed by atoms with van der Waals surface area (Å²) in [6.07, 6.45) is 12.7. The predicted octanol–water partition coefficient (Wildman–Crippen LogP) is 3.43. The van der Waals surface area contributed by atoms with Crippen molar-refractivity contribution in [1.82, 2.24) is 44.0 Å². The zero-order valence-electron chi connectivity index (χ0n) is 20.1. The maximum atomic E-state index is 6.29. The van der Waals surface area contributed by atoms with E-state index in [0.29, 0.717) is 5.82 Å². The number of hydrogen-bond donors (Lipinski definition) is 2. The lowest BCUT2D eigenvalue weighted by molar-refractivity contribution is 0.767. The molecule has 0 unspecified atom stereocenters. The summed E-state index contributed by atoms with van der Waals surface area (Å²) >= 11 is 0. The van der Waals surface area contributed by atoms with Gasteiger partial charge < -0.3 is 11.1 Å². The first-order valence-electron chi connectivity index (χ1n) is 11.6. The van der Waals surface area contributed by atoms with Gasteiger partial charge in [0.15, 0.2) is 11.3 Å². The van der Waals surface area contributed by atoms with Crippen LogP contribution in [0.2, 0.25) is 0 Å². The van der Waals surface area contributed by atoms with Crippen LogP contribution >= 0.6 is 0 Å². The quantitative estimate of drug-likeness (QED) is 0.372. The summed E-state index contributed by atoms with van der Waals surface area (Å²) in [5.41, 5.74) is 13.2. The van der Waals surface area contributed by atoms with E-state index in [1.165, 1.54) is 0 Å². The Hall–Kier alpha value is -4.64. The number of nitrogens with two attached hydrogens (primary N) is 1. The number of nitrogens with one attached hydrogen (secondary N) is 1. The Labute approximate surface area is 206 Å². The highest BCUT2D eigenvalue weighted by Gasteiger charge is 2.19. The molecule has 180 valence electrons. The number of fused-ring (bicyclic) bond motifs is 2. The van der Waals surface area contributed by atoms with Crippen molar-refractivity contribution in [1.29, 1.82) is 0 Å². The van der Waals surface area contributed by atoms with Crippen molar-refractivity contribution in [2.45, 2.75) is 25.9 Å². The van der Waals surface area contributed by atoms with E-state index in [1.54, 1.807) is 32.3 Å². The van der Waals surface area contributed by atoms with Crippen LogP contribution in [-0.4, -0.2) is 44.0 Å². The molecule has 6 aromatic heterocycles. The van der Waals surface area contributed by atoms with Crippen molar-refractivity contribution >= 4 is 17.1 Å². The fourth-order valence-corrected chi connectivity index (χ4v) is 4.36. The Bertz CT molecular complexity index is 1690. The summed E-state index contributed by atoms with van der Waals surface area (Å²) in [6, 6.07) is 7.63. The number of pyridine rings is 1. The molecular formula is C25H25N11. The van der Waals surface area contributed by atoms with E-state index in [9.17, 15) is 0 Å². The lowest BCUT2D eigenvalue weighted by Crippen LogP contribution is -2.12. The summed E-state index contributed by atoms with van der Waals surface area (Å²) in [6.45, 7) is 4.02. The minimum atomic E-state index is -0.202. The van der Waals surface area contributed by atoms with E-state index in [2.05, 4.69) is 32.3 Å². The smallest absolute Gasteiger partial charge is 0.153 e. The van der Waals surface area contributed by atoms with Gasteiger partial charge in [-0.05, 0) is 38.1 Å². The molecule has 0 spiro atoms. The summed E-state index contributed by atoms with van der Waals surface area (Å²) in [4.78, 5) is 13.3. The first-order valence-corrected chi connectivity index (χ1v) is 11.6. The van der Waals surface area contributed by atoms with E-state index >= 15 is 0 Å². The maximum absolute atomic E-state index is 6.29. The molecule has 3 N–H and O–H groups in total. The van der Waals surface area contributed by atoms with Crippen molar-refractivity contribution in [2.24, 2.45) is 12.8 Å². The van der Waals surface area contributed by atoms with E-state index < -0.39 is 0 Å². The second-order valence-electron chi connectivity index (χ2n) is 8.84. The van der Waals surface area contributed by atoms with Crippen LogP contribution in [0.15, 0.2) is 67.6 Å². The zero-order valence-corrected chi connectivity index (χ0v) is 20.1. The van der Waals surface area contributed by atoms with Crippen molar-refractivity contribution in [3.63, 3.8) is 0 Å². The Balaban J connectivity index is 1.38. The molecule has 0 aliphatic heterocycles. The highest BCUT2D eigenvalue weighted by molar-refractivity contribution is 5.69. The summed E-state index contributed by atoms with van der Waals surface area (Å²) in [5.74, 6) is 0.712. The number of anilines is 1. The van der Waals surface area contributed by atoms with Gasteiger partial charge in [0.25, 0.3) is 0 Å². The van der Waals surface area contributed by atoms with Gasteiger partial charge in [0.1, 0.15) is 5.82 Å². The van der Waals surface area contributed by atoms with E-state index in [0.717, 1.165) is 44.9 Å². The van der Waals surface area contributed by atoms with Crippen molar-refractivity contribution < 1.29 is 0 Å². The van der Waals surface area contributed by atoms with Crippen molar-refractivity contribution in [3.8, 4) is 22.5 Å². The first kappa shape index (κ1) is 21.9. The standard InChI is InChI=1S/C25H25N11/c1-15(26)19-11-22-28-6-8-35(22)32-24(19)17-4-5-27-21(10-17)31-16(2)20-12-23-29-7-9-36(23)33-25(20)18-13-30-34(3)14-18/h4-16H,26H2,1-3H3,(H,27,31)/t15-,16-/m0/s1. The van der Waals surface area contributed by atoms with Crippen molar-refractivity contribution in [2.75, 3.05) is 5.32 Å². The number of nitrogens with zero attached hydrogens (tertiary/aromatic N) is 9. The molecule has 6 aromatic rings. The third-order valence-corrected chi connectivity index (χ3v) is 6.16. The molecule has 0 bridgehead atoms. The zero-order chi connectivity index (χ0) is 24.8. The van der Waals surface area contributed by atoms with Gasteiger partial charge in [0, 0.05) is 72.5 Å². The third kappa shape index (κ3) is 3.85. The lowest BCUT2D eigenvalue weighted by atomic mass is 10.0. The number of aromatic nitrogens is 9. The van der Waals surface area contributed by atoms with Gasteiger partial charge in [-0.2, -0.15) is 15.3 Å². The summed E-state index contributed by atoms with van der Waals surface area (Å²) < 4.78 is 5.29. The number of rotatable bonds is 6. The predicted molar refractivity (Wildman–Crippen MR) is 136 cm³/mol. The molecule has 0 saturated carbocycles. The Morgan fingerprint density at radius 3 is 2.14 bits per heavy atom. The number of imidazole rings is 2. The van der Waals surface area contributed by atoms with E-state index in [4.69, 9.17) is 15.9 Å². The van der Waals surface area contributed by atoms with E-state index in [1.807, 2.05) is 63.0 Å². The molecule has 2 atom stereocenters. The average Bonchev–Trinajstić information content (AvgIpc) is 3.62. The Kier molecular flexibility index (Phi) is 5.19. The molecule has 0 saturated heterocycles. The van der Waals surface area contributed by atoms with Gasteiger partial charge in [-0.3, -0.25) is 4.68 Å². The lowest BCUT2D eigenvalue weighted by Gasteiger charge is -2.19. The molecule has 11 nitrogen and oxygen atoms in total. The first-order chi connectivity index (χ1) is 17.5. The van der Waals surface area contributed by atoms with Gasteiger partial charge >= 0.3 is 0 Å². The molecule has 11 heteroatoms. The van der Waals surface area contributed by atoms with Gasteiger partial charge in [0.05, 0.1) is 23.6 Å². The monoisotopic (exact) mass is 479 g/mol. The largest absolute Gasteiger partial charge is 0.363 e. The van der Waals surface area contributed by atoms with Gasteiger partial charge in [-0.25, -0.2) is 24.0 Å². The SMILES string of the molecule is C[C@H](N)c1cc2nccn2nc1-c1ccnc(N[C@@H](C)c2cc3nccn3nc2-c2cnn(C)c2)c1. The van der Waals surface area contributed by atoms with Crippen LogP contribution in [0.4, 0.5) is 5.82 Å². The van der Waals surface area contributed by atoms with Gasteiger partial charge in [-0.1, -0.05) is 0 Å². The topological polar surface area (TPSA) is 129 Å². The van der Waals surface area contributed by atoms with E-state index in [-0.39, 0.29) is 12.1 Å². The van der Waals surface area contributed by atoms with Crippen LogP contribution < -0.4 is 11.1 Å². The summed E-state index contributed by atoms with van der Waals surface area (Å²) in [5, 5.41) is 17.4. The number of aryl methyl sites for hydroxylation is 1. The third-order valence-electron chi connectivity index (χ3n) is 6.16. The fourth-order valence-electron chi connectivity index (χ4n) is 4.36. The molecular weight excluding hydrogens is 454 g/mol. The highest BCUT2D eigenvalue weighted by Crippen LogP contribution is 2.31. The number of hydrogen-bond acceptors (Lipinski definition) is 8. The Morgan fingerprint density at radius 1 is 0.833 bits per heavy atom. The molecule has 6 rings (SSSR count). The molecule has 6 heterocycles. The minimum Gasteiger partial charge on any atom is -0.363 e. The van der Waals surface area contributed by atoms with Crippen LogP contribution in [0.1, 0.15) is 37.1 Å². The second-order valence-corrected chi connectivity index (χ2v) is 8.84. The second kappa shape index (κ2) is 8.54. The molecule has 0 fully saturated rings. The molecule has 0 amide bonds. The summed E-state index contributed by atoms with van der Waals surface area (Å²) in [7, 11) is 1.89. The van der Waals surface area contributed by atoms with Crippen LogP contribution in [0.5, 0.6) is 0 Å². The molecule has 0 aliphatic rings. The van der Waals surface area contributed by atoms with Crippen LogP contribution in [-0.2, 0) is 7.05 Å². The van der Waals surface area contributed by atoms with Crippen LogP contribution in [0.3, 0.4) is 0 Å².